The van der Waals surface area contributed by atoms with E-state index in [9.17, 15) is 9.59 Å². The van der Waals surface area contributed by atoms with Crippen molar-refractivity contribution in [3.63, 3.8) is 0 Å². The molecule has 1 rings (SSSR count). The number of hydrogen-bond acceptors (Lipinski definition) is 3. The number of carboxylic acids is 1. The Morgan fingerprint density at radius 3 is 2.65 bits per heavy atom. The van der Waals surface area contributed by atoms with E-state index in [0.717, 1.165) is 32.5 Å². The first kappa shape index (κ1) is 16.8. The summed E-state index contributed by atoms with van der Waals surface area (Å²) in [5.74, 6) is -0.894. The lowest BCUT2D eigenvalue weighted by atomic mass is 9.96. The summed E-state index contributed by atoms with van der Waals surface area (Å²) in [4.78, 5) is 25.0. The molecule has 1 heterocycles. The number of carbonyl (C=O) groups excluding carboxylic acids is 1. The molecule has 1 saturated heterocycles. The SMILES string of the molecule is CNCC1CCCN(C(=O)NCC(C(=O)O)C(C)C)C1. The van der Waals surface area contributed by atoms with Gasteiger partial charge in [-0.3, -0.25) is 4.79 Å². The third-order valence-electron chi connectivity index (χ3n) is 3.89. The topological polar surface area (TPSA) is 81.7 Å². The number of nitrogens with zero attached hydrogens (tertiary/aromatic N) is 1. The van der Waals surface area contributed by atoms with Gasteiger partial charge in [0.05, 0.1) is 5.92 Å². The Bertz CT molecular complexity index is 332. The third-order valence-corrected chi connectivity index (χ3v) is 3.89. The standard InChI is InChI=1S/C14H27N3O3/c1-10(2)12(13(18)19)8-16-14(20)17-6-4-5-11(9-17)7-15-3/h10-12,15H,4-9H2,1-3H3,(H,16,20)(H,18,19). The van der Waals surface area contributed by atoms with Crippen LogP contribution in [0.15, 0.2) is 0 Å². The highest BCUT2D eigenvalue weighted by Crippen LogP contribution is 2.16. The minimum atomic E-state index is -0.855. The summed E-state index contributed by atoms with van der Waals surface area (Å²) in [6.07, 6.45) is 2.14. The second-order valence-corrected chi connectivity index (χ2v) is 5.89. The van der Waals surface area contributed by atoms with Gasteiger partial charge in [-0.05, 0) is 38.3 Å². The smallest absolute Gasteiger partial charge is 0.317 e. The minimum absolute atomic E-state index is 0.00574. The van der Waals surface area contributed by atoms with Crippen molar-refractivity contribution in [3.8, 4) is 0 Å². The van der Waals surface area contributed by atoms with E-state index in [4.69, 9.17) is 5.11 Å². The van der Waals surface area contributed by atoms with E-state index in [0.29, 0.717) is 5.92 Å². The van der Waals surface area contributed by atoms with E-state index in [1.165, 1.54) is 0 Å². The molecular formula is C14H27N3O3. The van der Waals surface area contributed by atoms with Crippen molar-refractivity contribution in [1.29, 1.82) is 0 Å². The molecule has 0 radical (unpaired) electrons. The number of urea groups is 1. The van der Waals surface area contributed by atoms with Crippen LogP contribution in [0.1, 0.15) is 26.7 Å². The summed E-state index contributed by atoms with van der Waals surface area (Å²) in [5.41, 5.74) is 0. The van der Waals surface area contributed by atoms with Crippen LogP contribution in [0.2, 0.25) is 0 Å². The van der Waals surface area contributed by atoms with Gasteiger partial charge in [0.2, 0.25) is 0 Å². The van der Waals surface area contributed by atoms with Crippen LogP contribution in [0.25, 0.3) is 0 Å². The maximum atomic E-state index is 12.1. The predicted octanol–water partition coefficient (Wildman–Crippen LogP) is 0.984. The molecule has 0 bridgehead atoms. The van der Waals surface area contributed by atoms with E-state index in [2.05, 4.69) is 10.6 Å². The number of piperidine rings is 1. The van der Waals surface area contributed by atoms with Crippen molar-refractivity contribution in [2.45, 2.75) is 26.7 Å². The van der Waals surface area contributed by atoms with Crippen molar-refractivity contribution in [3.05, 3.63) is 0 Å². The molecule has 3 N–H and O–H groups in total. The highest BCUT2D eigenvalue weighted by molar-refractivity contribution is 5.76. The molecule has 20 heavy (non-hydrogen) atoms. The van der Waals surface area contributed by atoms with Gasteiger partial charge in [-0.2, -0.15) is 0 Å². The molecular weight excluding hydrogens is 258 g/mol. The summed E-state index contributed by atoms with van der Waals surface area (Å²) >= 11 is 0. The summed E-state index contributed by atoms with van der Waals surface area (Å²) in [6, 6.07) is -0.141. The van der Waals surface area contributed by atoms with Crippen LogP contribution in [0.5, 0.6) is 0 Å². The fourth-order valence-electron chi connectivity index (χ4n) is 2.62. The van der Waals surface area contributed by atoms with Crippen LogP contribution in [0.4, 0.5) is 4.79 Å². The molecule has 0 aliphatic carbocycles. The van der Waals surface area contributed by atoms with Gasteiger partial charge in [0.15, 0.2) is 0 Å². The van der Waals surface area contributed by atoms with Gasteiger partial charge in [-0.15, -0.1) is 0 Å². The lowest BCUT2D eigenvalue weighted by molar-refractivity contribution is -0.142. The van der Waals surface area contributed by atoms with Crippen LogP contribution in [-0.4, -0.2) is 55.2 Å². The fourth-order valence-corrected chi connectivity index (χ4v) is 2.62. The Labute approximate surface area is 120 Å². The van der Waals surface area contributed by atoms with Gasteiger partial charge in [-0.1, -0.05) is 13.8 Å². The zero-order chi connectivity index (χ0) is 15.1. The van der Waals surface area contributed by atoms with Crippen molar-refractivity contribution in [1.82, 2.24) is 15.5 Å². The van der Waals surface area contributed by atoms with Crippen molar-refractivity contribution >= 4 is 12.0 Å². The summed E-state index contributed by atoms with van der Waals surface area (Å²) in [5, 5.41) is 15.0. The van der Waals surface area contributed by atoms with E-state index in [1.807, 2.05) is 20.9 Å². The van der Waals surface area contributed by atoms with E-state index in [1.54, 1.807) is 4.90 Å². The summed E-state index contributed by atoms with van der Waals surface area (Å²) in [7, 11) is 1.92. The van der Waals surface area contributed by atoms with E-state index >= 15 is 0 Å². The molecule has 6 heteroatoms. The zero-order valence-electron chi connectivity index (χ0n) is 12.7. The summed E-state index contributed by atoms with van der Waals surface area (Å²) < 4.78 is 0. The molecule has 0 spiro atoms. The normalized spacial score (nSPS) is 20.8. The number of hydrogen-bond donors (Lipinski definition) is 3. The minimum Gasteiger partial charge on any atom is -0.481 e. The number of carbonyl (C=O) groups is 2. The fraction of sp³-hybridized carbons (Fsp3) is 0.857. The van der Waals surface area contributed by atoms with Crippen molar-refractivity contribution < 1.29 is 14.7 Å². The van der Waals surface area contributed by atoms with Gasteiger partial charge in [0.25, 0.3) is 0 Å². The number of rotatable bonds is 6. The lowest BCUT2D eigenvalue weighted by Crippen LogP contribution is -2.48. The molecule has 2 atom stereocenters. The van der Waals surface area contributed by atoms with Gasteiger partial charge >= 0.3 is 12.0 Å². The molecule has 2 amide bonds. The molecule has 0 aromatic rings. The van der Waals surface area contributed by atoms with Crippen LogP contribution < -0.4 is 10.6 Å². The second kappa shape index (κ2) is 8.09. The first-order valence-electron chi connectivity index (χ1n) is 7.35. The molecule has 1 aliphatic heterocycles. The molecule has 0 saturated carbocycles. The van der Waals surface area contributed by atoms with Crippen LogP contribution in [0.3, 0.4) is 0 Å². The van der Waals surface area contributed by atoms with E-state index in [-0.39, 0.29) is 18.5 Å². The molecule has 0 aromatic carbocycles. The van der Waals surface area contributed by atoms with Gasteiger partial charge in [0, 0.05) is 19.6 Å². The van der Waals surface area contributed by atoms with Crippen LogP contribution >= 0.6 is 0 Å². The first-order valence-corrected chi connectivity index (χ1v) is 7.35. The Morgan fingerprint density at radius 1 is 1.40 bits per heavy atom. The first-order chi connectivity index (χ1) is 9.45. The lowest BCUT2D eigenvalue weighted by Gasteiger charge is -2.33. The highest BCUT2D eigenvalue weighted by Gasteiger charge is 2.26. The number of carboxylic acid groups (broad SMARTS) is 1. The third kappa shape index (κ3) is 5.00. The Balaban J connectivity index is 2.43. The van der Waals surface area contributed by atoms with Crippen LogP contribution in [-0.2, 0) is 4.79 Å². The Morgan fingerprint density at radius 2 is 2.10 bits per heavy atom. The highest BCUT2D eigenvalue weighted by atomic mass is 16.4. The van der Waals surface area contributed by atoms with Crippen LogP contribution in [0, 0.1) is 17.8 Å². The number of nitrogens with one attached hydrogen (secondary N) is 2. The van der Waals surface area contributed by atoms with Crippen molar-refractivity contribution in [2.75, 3.05) is 33.2 Å². The van der Waals surface area contributed by atoms with Crippen molar-refractivity contribution in [2.24, 2.45) is 17.8 Å². The maximum absolute atomic E-state index is 12.1. The molecule has 116 valence electrons. The Hall–Kier alpha value is -1.30. The number of aliphatic carboxylic acids is 1. The monoisotopic (exact) mass is 285 g/mol. The maximum Gasteiger partial charge on any atom is 0.317 e. The largest absolute Gasteiger partial charge is 0.481 e. The predicted molar refractivity (Wildman–Crippen MR) is 77.6 cm³/mol. The Kier molecular flexibility index (Phi) is 6.78. The van der Waals surface area contributed by atoms with Gasteiger partial charge in [-0.25, -0.2) is 4.79 Å². The number of amides is 2. The molecule has 1 fully saturated rings. The molecule has 2 unspecified atom stereocenters. The van der Waals surface area contributed by atoms with Gasteiger partial charge < -0.3 is 20.6 Å². The average Bonchev–Trinajstić information content (AvgIpc) is 2.38. The molecule has 6 nitrogen and oxygen atoms in total. The molecule has 0 aromatic heterocycles. The molecule has 1 aliphatic rings. The number of likely N-dealkylation sites (tertiary alicyclic amines) is 1. The second-order valence-electron chi connectivity index (χ2n) is 5.89. The summed E-state index contributed by atoms with van der Waals surface area (Å²) in [6.45, 7) is 6.31. The zero-order valence-corrected chi connectivity index (χ0v) is 12.7. The van der Waals surface area contributed by atoms with Gasteiger partial charge in [0.1, 0.15) is 0 Å². The van der Waals surface area contributed by atoms with E-state index < -0.39 is 11.9 Å². The quantitative estimate of drug-likeness (QED) is 0.679. The average molecular weight is 285 g/mol.